The summed E-state index contributed by atoms with van der Waals surface area (Å²) < 4.78 is 0. The number of aryl methyl sites for hydroxylation is 1. The van der Waals surface area contributed by atoms with Gasteiger partial charge in [-0.2, -0.15) is 5.10 Å². The van der Waals surface area contributed by atoms with Crippen molar-refractivity contribution in [1.82, 2.24) is 15.2 Å². The normalized spacial score (nSPS) is 12.1. The average Bonchev–Trinajstić information content (AvgIpc) is 3.02. The smallest absolute Gasteiger partial charge is 0.181 e. The van der Waals surface area contributed by atoms with Crippen molar-refractivity contribution in [3.63, 3.8) is 0 Å². The fourth-order valence-electron chi connectivity index (χ4n) is 2.51. The molecule has 3 aromatic rings. The van der Waals surface area contributed by atoms with Gasteiger partial charge in [-0.15, -0.1) is 0 Å². The van der Waals surface area contributed by atoms with Crippen molar-refractivity contribution in [3.8, 4) is 11.4 Å². The molecule has 3 N–H and O–H groups in total. The summed E-state index contributed by atoms with van der Waals surface area (Å²) in [5, 5.41) is 19.8. The Morgan fingerprint density at radius 1 is 1.17 bits per heavy atom. The second-order valence-corrected chi connectivity index (χ2v) is 5.59. The summed E-state index contributed by atoms with van der Waals surface area (Å²) in [6.07, 6.45) is 0. The first-order valence-corrected chi connectivity index (χ1v) is 7.61. The number of aliphatic hydroxyl groups excluding tert-OH is 1. The van der Waals surface area contributed by atoms with E-state index in [0.29, 0.717) is 5.82 Å². The van der Waals surface area contributed by atoms with Gasteiger partial charge in [-0.05, 0) is 37.1 Å². The summed E-state index contributed by atoms with van der Waals surface area (Å²) in [5.41, 5.74) is 4.03. The van der Waals surface area contributed by atoms with E-state index in [1.165, 1.54) is 0 Å². The Bertz CT molecular complexity index is 797. The van der Waals surface area contributed by atoms with Crippen molar-refractivity contribution in [1.29, 1.82) is 0 Å². The lowest BCUT2D eigenvalue weighted by Gasteiger charge is -2.17. The number of nitrogens with zero attached hydrogens (tertiary/aromatic N) is 2. The zero-order chi connectivity index (χ0) is 16.2. The fraction of sp³-hybridized carbons (Fsp3) is 0.222. The highest BCUT2D eigenvalue weighted by atomic mass is 16.3. The number of anilines is 1. The van der Waals surface area contributed by atoms with Crippen LogP contribution in [0.1, 0.15) is 29.9 Å². The van der Waals surface area contributed by atoms with Gasteiger partial charge in [0.1, 0.15) is 5.82 Å². The Hall–Kier alpha value is -2.66. The van der Waals surface area contributed by atoms with E-state index in [-0.39, 0.29) is 12.6 Å². The van der Waals surface area contributed by atoms with E-state index < -0.39 is 0 Å². The number of nitrogens with one attached hydrogen (secondary N) is 2. The summed E-state index contributed by atoms with van der Waals surface area (Å²) in [7, 11) is 0. The van der Waals surface area contributed by atoms with Crippen LogP contribution in [0.15, 0.2) is 48.5 Å². The number of H-pyrrole nitrogens is 1. The molecule has 3 rings (SSSR count). The van der Waals surface area contributed by atoms with Crippen LogP contribution in [-0.4, -0.2) is 20.3 Å². The van der Waals surface area contributed by atoms with Gasteiger partial charge < -0.3 is 10.4 Å². The summed E-state index contributed by atoms with van der Waals surface area (Å²) in [5.74, 6) is 1.49. The van der Waals surface area contributed by atoms with Crippen molar-refractivity contribution >= 4 is 5.69 Å². The van der Waals surface area contributed by atoms with Gasteiger partial charge in [-0.1, -0.05) is 36.4 Å². The molecule has 5 heteroatoms. The third-order valence-corrected chi connectivity index (χ3v) is 3.73. The number of hydrogen-bond acceptors (Lipinski definition) is 4. The van der Waals surface area contributed by atoms with E-state index in [2.05, 4.69) is 33.5 Å². The van der Waals surface area contributed by atoms with E-state index in [9.17, 15) is 5.11 Å². The Kier molecular flexibility index (Phi) is 4.39. The standard InChI is InChI=1S/C18H20N4O/c1-12(15-6-3-5-14(9-15)11-23)19-17-8-4-7-16(10-17)18-20-13(2)21-22-18/h3-10,12,19,23H,11H2,1-2H3,(H,20,21,22). The largest absolute Gasteiger partial charge is 0.392 e. The SMILES string of the molecule is Cc1nc(-c2cccc(NC(C)c3cccc(CO)c3)c2)n[nH]1. The third kappa shape index (κ3) is 3.57. The molecular weight excluding hydrogens is 288 g/mol. The maximum atomic E-state index is 9.26. The molecule has 0 aliphatic rings. The molecule has 118 valence electrons. The van der Waals surface area contributed by atoms with Crippen LogP contribution in [0.25, 0.3) is 11.4 Å². The van der Waals surface area contributed by atoms with Gasteiger partial charge in [0.15, 0.2) is 5.82 Å². The molecular formula is C18H20N4O. The minimum absolute atomic E-state index is 0.0558. The minimum atomic E-state index is 0.0558. The van der Waals surface area contributed by atoms with E-state index in [4.69, 9.17) is 0 Å². The number of rotatable bonds is 5. The second kappa shape index (κ2) is 6.62. The molecule has 0 amide bonds. The van der Waals surface area contributed by atoms with Gasteiger partial charge in [-0.25, -0.2) is 4.98 Å². The maximum absolute atomic E-state index is 9.26. The Labute approximate surface area is 135 Å². The van der Waals surface area contributed by atoms with Crippen molar-refractivity contribution < 1.29 is 5.11 Å². The fourth-order valence-corrected chi connectivity index (χ4v) is 2.51. The topological polar surface area (TPSA) is 73.8 Å². The van der Waals surface area contributed by atoms with Gasteiger partial charge in [0.25, 0.3) is 0 Å². The van der Waals surface area contributed by atoms with E-state index in [1.54, 1.807) is 0 Å². The van der Waals surface area contributed by atoms with Crippen LogP contribution in [0.3, 0.4) is 0 Å². The molecule has 0 aliphatic heterocycles. The lowest BCUT2D eigenvalue weighted by molar-refractivity contribution is 0.281. The quantitative estimate of drug-likeness (QED) is 0.675. The Morgan fingerprint density at radius 2 is 2.00 bits per heavy atom. The molecule has 1 heterocycles. The minimum Gasteiger partial charge on any atom is -0.392 e. The molecule has 0 fully saturated rings. The van der Waals surface area contributed by atoms with Crippen molar-refractivity contribution in [2.45, 2.75) is 26.5 Å². The zero-order valence-corrected chi connectivity index (χ0v) is 13.2. The van der Waals surface area contributed by atoms with Gasteiger partial charge in [0, 0.05) is 17.3 Å². The molecule has 0 saturated heterocycles. The molecule has 5 nitrogen and oxygen atoms in total. The first-order valence-electron chi connectivity index (χ1n) is 7.61. The highest BCUT2D eigenvalue weighted by Gasteiger charge is 2.08. The molecule has 2 aromatic carbocycles. The average molecular weight is 308 g/mol. The molecule has 1 atom stereocenters. The van der Waals surface area contributed by atoms with Crippen LogP contribution < -0.4 is 5.32 Å². The number of aromatic amines is 1. The molecule has 1 aromatic heterocycles. The van der Waals surface area contributed by atoms with Crippen molar-refractivity contribution in [2.24, 2.45) is 0 Å². The summed E-state index contributed by atoms with van der Waals surface area (Å²) in [6, 6.07) is 16.1. The Morgan fingerprint density at radius 3 is 2.74 bits per heavy atom. The lowest BCUT2D eigenvalue weighted by atomic mass is 10.0. The number of aromatic nitrogens is 3. The highest BCUT2D eigenvalue weighted by Crippen LogP contribution is 2.24. The van der Waals surface area contributed by atoms with Crippen molar-refractivity contribution in [2.75, 3.05) is 5.32 Å². The van der Waals surface area contributed by atoms with Gasteiger partial charge >= 0.3 is 0 Å². The number of aliphatic hydroxyl groups is 1. The molecule has 0 saturated carbocycles. The van der Waals surface area contributed by atoms with Crippen molar-refractivity contribution in [3.05, 3.63) is 65.5 Å². The first-order chi connectivity index (χ1) is 11.2. The predicted molar refractivity (Wildman–Crippen MR) is 91.0 cm³/mol. The summed E-state index contributed by atoms with van der Waals surface area (Å²) in [6.45, 7) is 4.04. The van der Waals surface area contributed by atoms with Crippen LogP contribution >= 0.6 is 0 Å². The second-order valence-electron chi connectivity index (χ2n) is 5.59. The summed E-state index contributed by atoms with van der Waals surface area (Å²) in [4.78, 5) is 4.36. The van der Waals surface area contributed by atoms with Crippen LogP contribution in [0, 0.1) is 6.92 Å². The van der Waals surface area contributed by atoms with Gasteiger partial charge in [0.2, 0.25) is 0 Å². The third-order valence-electron chi connectivity index (χ3n) is 3.73. The molecule has 0 radical (unpaired) electrons. The predicted octanol–water partition coefficient (Wildman–Crippen LogP) is 3.45. The van der Waals surface area contributed by atoms with Crippen LogP contribution in [0.5, 0.6) is 0 Å². The number of hydrogen-bond donors (Lipinski definition) is 3. The van der Waals surface area contributed by atoms with Crippen LogP contribution in [0.4, 0.5) is 5.69 Å². The molecule has 23 heavy (non-hydrogen) atoms. The summed E-state index contributed by atoms with van der Waals surface area (Å²) >= 11 is 0. The van der Waals surface area contributed by atoms with E-state index in [1.807, 2.05) is 49.4 Å². The first kappa shape index (κ1) is 15.2. The monoisotopic (exact) mass is 308 g/mol. The van der Waals surface area contributed by atoms with Crippen LogP contribution in [-0.2, 0) is 6.61 Å². The van der Waals surface area contributed by atoms with E-state index >= 15 is 0 Å². The van der Waals surface area contributed by atoms with Crippen LogP contribution in [0.2, 0.25) is 0 Å². The van der Waals surface area contributed by atoms with E-state index in [0.717, 1.165) is 28.2 Å². The maximum Gasteiger partial charge on any atom is 0.181 e. The molecule has 1 unspecified atom stereocenters. The Balaban J connectivity index is 1.79. The highest BCUT2D eigenvalue weighted by molar-refractivity contribution is 5.62. The zero-order valence-electron chi connectivity index (χ0n) is 13.2. The molecule has 0 spiro atoms. The van der Waals surface area contributed by atoms with Gasteiger partial charge in [-0.3, -0.25) is 5.10 Å². The molecule has 0 aliphatic carbocycles. The molecule has 0 bridgehead atoms. The lowest BCUT2D eigenvalue weighted by Crippen LogP contribution is -2.07. The van der Waals surface area contributed by atoms with Gasteiger partial charge in [0.05, 0.1) is 6.61 Å². The number of benzene rings is 2.